The summed E-state index contributed by atoms with van der Waals surface area (Å²) in [6.07, 6.45) is 3.89. The van der Waals surface area contributed by atoms with Gasteiger partial charge >= 0.3 is 0 Å². The summed E-state index contributed by atoms with van der Waals surface area (Å²) < 4.78 is 10.9. The molecular formula is C13H22N4O2. The molecule has 0 unspecified atom stereocenters. The highest BCUT2D eigenvalue weighted by molar-refractivity contribution is 5.50. The van der Waals surface area contributed by atoms with Gasteiger partial charge in [-0.3, -0.25) is 0 Å². The van der Waals surface area contributed by atoms with E-state index in [2.05, 4.69) is 14.9 Å². The van der Waals surface area contributed by atoms with Gasteiger partial charge in [0.15, 0.2) is 0 Å². The molecular weight excluding hydrogens is 244 g/mol. The first-order valence-electron chi connectivity index (χ1n) is 6.68. The van der Waals surface area contributed by atoms with Crippen molar-refractivity contribution in [3.05, 3.63) is 11.9 Å². The number of rotatable bonds is 5. The van der Waals surface area contributed by atoms with Gasteiger partial charge in [0.05, 0.1) is 25.4 Å². The molecule has 6 heteroatoms. The quantitative estimate of drug-likeness (QED) is 0.847. The lowest BCUT2D eigenvalue weighted by Crippen LogP contribution is -2.38. The minimum atomic E-state index is 0.323. The molecule has 1 saturated heterocycles. The summed E-state index contributed by atoms with van der Waals surface area (Å²) in [5, 5.41) is 0. The van der Waals surface area contributed by atoms with E-state index in [4.69, 9.17) is 15.2 Å². The monoisotopic (exact) mass is 266 g/mol. The number of aromatic nitrogens is 2. The van der Waals surface area contributed by atoms with Crippen molar-refractivity contribution < 1.29 is 9.47 Å². The lowest BCUT2D eigenvalue weighted by atomic mass is 10.1. The molecule has 1 aromatic rings. The number of piperidine rings is 1. The molecule has 1 fully saturated rings. The predicted molar refractivity (Wildman–Crippen MR) is 73.6 cm³/mol. The lowest BCUT2D eigenvalue weighted by Gasteiger charge is -2.33. The second kappa shape index (κ2) is 6.68. The van der Waals surface area contributed by atoms with Gasteiger partial charge in [-0.25, -0.2) is 9.97 Å². The summed E-state index contributed by atoms with van der Waals surface area (Å²) in [6.45, 7) is 5.10. The van der Waals surface area contributed by atoms with E-state index >= 15 is 0 Å². The van der Waals surface area contributed by atoms with Crippen molar-refractivity contribution in [3.8, 4) is 5.88 Å². The van der Waals surface area contributed by atoms with Gasteiger partial charge < -0.3 is 20.1 Å². The molecule has 6 nitrogen and oxygen atoms in total. The van der Waals surface area contributed by atoms with Gasteiger partial charge in [-0.15, -0.1) is 0 Å². The molecule has 0 radical (unpaired) electrons. The maximum atomic E-state index is 5.68. The largest absolute Gasteiger partial charge is 0.481 e. The number of hydrogen-bond acceptors (Lipinski definition) is 6. The highest BCUT2D eigenvalue weighted by Gasteiger charge is 2.22. The van der Waals surface area contributed by atoms with Crippen LogP contribution in [0.4, 0.5) is 5.82 Å². The first-order chi connectivity index (χ1) is 9.26. The number of nitrogens with two attached hydrogens (primary N) is 1. The summed E-state index contributed by atoms with van der Waals surface area (Å²) >= 11 is 0. The first kappa shape index (κ1) is 14.0. The molecule has 1 aliphatic rings. The second-order valence-electron chi connectivity index (χ2n) is 4.68. The Balaban J connectivity index is 1.98. The Morgan fingerprint density at radius 1 is 1.37 bits per heavy atom. The van der Waals surface area contributed by atoms with E-state index < -0.39 is 0 Å². The lowest BCUT2D eigenvalue weighted by molar-refractivity contribution is 0.0421. The molecule has 0 amide bonds. The van der Waals surface area contributed by atoms with Crippen LogP contribution in [0, 0.1) is 6.92 Å². The average molecular weight is 266 g/mol. The van der Waals surface area contributed by atoms with E-state index in [1.54, 1.807) is 13.4 Å². The topological polar surface area (TPSA) is 73.5 Å². The van der Waals surface area contributed by atoms with E-state index in [-0.39, 0.29) is 0 Å². The van der Waals surface area contributed by atoms with Gasteiger partial charge in [0.25, 0.3) is 0 Å². The maximum Gasteiger partial charge on any atom is 0.221 e. The van der Waals surface area contributed by atoms with Crippen LogP contribution in [0.1, 0.15) is 18.4 Å². The Bertz CT molecular complexity index is 406. The molecule has 0 saturated carbocycles. The Morgan fingerprint density at radius 3 is 2.74 bits per heavy atom. The Labute approximate surface area is 113 Å². The molecule has 0 aliphatic carbocycles. The molecule has 2 rings (SSSR count). The van der Waals surface area contributed by atoms with E-state index in [0.717, 1.165) is 37.3 Å². The van der Waals surface area contributed by atoms with Crippen molar-refractivity contribution in [2.75, 3.05) is 38.3 Å². The maximum absolute atomic E-state index is 5.68. The molecule has 106 valence electrons. The number of hydrogen-bond donors (Lipinski definition) is 1. The summed E-state index contributed by atoms with van der Waals surface area (Å²) in [7, 11) is 1.63. The Morgan fingerprint density at radius 2 is 2.11 bits per heavy atom. The number of ether oxygens (including phenoxy) is 2. The van der Waals surface area contributed by atoms with Crippen LogP contribution in [-0.2, 0) is 4.74 Å². The summed E-state index contributed by atoms with van der Waals surface area (Å²) in [4.78, 5) is 10.7. The zero-order valence-corrected chi connectivity index (χ0v) is 11.6. The minimum Gasteiger partial charge on any atom is -0.481 e. The van der Waals surface area contributed by atoms with Gasteiger partial charge in [-0.2, -0.15) is 0 Å². The Hall–Kier alpha value is -1.40. The fourth-order valence-electron chi connectivity index (χ4n) is 2.42. The van der Waals surface area contributed by atoms with Gasteiger partial charge in [0.2, 0.25) is 5.88 Å². The first-order valence-corrected chi connectivity index (χ1v) is 6.68. The van der Waals surface area contributed by atoms with E-state index in [0.29, 0.717) is 25.1 Å². The fraction of sp³-hybridized carbons (Fsp3) is 0.692. The zero-order valence-electron chi connectivity index (χ0n) is 11.6. The number of nitrogens with zero attached hydrogens (tertiary/aromatic N) is 3. The SMILES string of the molecule is COc1ncnc(N2CCC(OCCN)CC2)c1C. The van der Waals surface area contributed by atoms with Crippen LogP contribution < -0.4 is 15.4 Å². The fourth-order valence-corrected chi connectivity index (χ4v) is 2.42. The van der Waals surface area contributed by atoms with Crippen molar-refractivity contribution >= 4 is 5.82 Å². The van der Waals surface area contributed by atoms with Crippen LogP contribution in [-0.4, -0.2) is 49.4 Å². The predicted octanol–water partition coefficient (Wildman–Crippen LogP) is 0.738. The summed E-state index contributed by atoms with van der Waals surface area (Å²) in [5.74, 6) is 1.61. The minimum absolute atomic E-state index is 0.323. The smallest absolute Gasteiger partial charge is 0.221 e. The average Bonchev–Trinajstić information content (AvgIpc) is 2.46. The van der Waals surface area contributed by atoms with Gasteiger partial charge in [-0.1, -0.05) is 0 Å². The third-order valence-corrected chi connectivity index (χ3v) is 3.42. The van der Waals surface area contributed by atoms with Crippen molar-refractivity contribution in [1.82, 2.24) is 9.97 Å². The van der Waals surface area contributed by atoms with Crippen LogP contribution in [0.5, 0.6) is 5.88 Å². The van der Waals surface area contributed by atoms with Crippen molar-refractivity contribution in [2.24, 2.45) is 5.73 Å². The van der Waals surface area contributed by atoms with Crippen LogP contribution in [0.25, 0.3) is 0 Å². The molecule has 0 atom stereocenters. The normalized spacial score (nSPS) is 16.7. The Kier molecular flexibility index (Phi) is 4.93. The number of anilines is 1. The van der Waals surface area contributed by atoms with E-state index in [9.17, 15) is 0 Å². The number of methoxy groups -OCH3 is 1. The molecule has 19 heavy (non-hydrogen) atoms. The van der Waals surface area contributed by atoms with Crippen LogP contribution in [0.2, 0.25) is 0 Å². The standard InChI is InChI=1S/C13H22N4O2/c1-10-12(15-9-16-13(10)18-2)17-6-3-11(4-7-17)19-8-5-14/h9,11H,3-8,14H2,1-2H3. The molecule has 0 bridgehead atoms. The molecule has 2 heterocycles. The highest BCUT2D eigenvalue weighted by atomic mass is 16.5. The molecule has 2 N–H and O–H groups in total. The van der Waals surface area contributed by atoms with Gasteiger partial charge in [-0.05, 0) is 19.8 Å². The van der Waals surface area contributed by atoms with Crippen molar-refractivity contribution in [1.29, 1.82) is 0 Å². The zero-order chi connectivity index (χ0) is 13.7. The highest BCUT2D eigenvalue weighted by Crippen LogP contribution is 2.26. The summed E-state index contributed by atoms with van der Waals surface area (Å²) in [6, 6.07) is 0. The van der Waals surface area contributed by atoms with Crippen LogP contribution in [0.15, 0.2) is 6.33 Å². The third kappa shape index (κ3) is 3.33. The molecule has 1 aliphatic heterocycles. The van der Waals surface area contributed by atoms with Gasteiger partial charge in [0.1, 0.15) is 12.1 Å². The van der Waals surface area contributed by atoms with E-state index in [1.165, 1.54) is 0 Å². The van der Waals surface area contributed by atoms with Crippen molar-refractivity contribution in [3.63, 3.8) is 0 Å². The molecule has 1 aromatic heterocycles. The van der Waals surface area contributed by atoms with Crippen LogP contribution in [0.3, 0.4) is 0 Å². The second-order valence-corrected chi connectivity index (χ2v) is 4.68. The van der Waals surface area contributed by atoms with E-state index in [1.807, 2.05) is 6.92 Å². The van der Waals surface area contributed by atoms with Crippen LogP contribution >= 0.6 is 0 Å². The van der Waals surface area contributed by atoms with Crippen molar-refractivity contribution in [2.45, 2.75) is 25.9 Å². The summed E-state index contributed by atoms with van der Waals surface area (Å²) in [5.41, 5.74) is 6.44. The molecule has 0 aromatic carbocycles. The molecule has 0 spiro atoms. The third-order valence-electron chi connectivity index (χ3n) is 3.42. The van der Waals surface area contributed by atoms with Gasteiger partial charge in [0, 0.05) is 19.6 Å².